The largest absolute Gasteiger partial charge is 0.496 e. The summed E-state index contributed by atoms with van der Waals surface area (Å²) in [6.45, 7) is 2.95. The molecule has 0 radical (unpaired) electrons. The van der Waals surface area contributed by atoms with E-state index in [-0.39, 0.29) is 5.91 Å². The number of para-hydroxylation sites is 1. The molecular formula is C16H24N2O2. The molecule has 0 saturated carbocycles. The molecule has 1 saturated heterocycles. The number of amides is 1. The zero-order chi connectivity index (χ0) is 14.4. The lowest BCUT2D eigenvalue weighted by atomic mass is 9.98. The molecule has 1 aliphatic rings. The van der Waals surface area contributed by atoms with E-state index in [0.29, 0.717) is 18.5 Å². The summed E-state index contributed by atoms with van der Waals surface area (Å²) in [7, 11) is 1.69. The lowest BCUT2D eigenvalue weighted by Crippen LogP contribution is -2.42. The molecule has 1 aromatic carbocycles. The number of hydrogen-bond donors (Lipinski definition) is 2. The molecule has 1 amide bonds. The lowest BCUT2D eigenvalue weighted by molar-refractivity contribution is -0.123. The number of ether oxygens (including phenoxy) is 1. The van der Waals surface area contributed by atoms with Crippen molar-refractivity contribution >= 4 is 5.91 Å². The van der Waals surface area contributed by atoms with Gasteiger partial charge in [-0.2, -0.15) is 0 Å². The zero-order valence-electron chi connectivity index (χ0n) is 12.3. The molecule has 1 aliphatic heterocycles. The van der Waals surface area contributed by atoms with Crippen molar-refractivity contribution in [2.24, 2.45) is 0 Å². The monoisotopic (exact) mass is 276 g/mol. The van der Waals surface area contributed by atoms with Gasteiger partial charge >= 0.3 is 0 Å². The quantitative estimate of drug-likeness (QED) is 0.837. The summed E-state index contributed by atoms with van der Waals surface area (Å²) >= 11 is 0. The predicted octanol–water partition coefficient (Wildman–Crippen LogP) is 2.23. The standard InChI is InChI=1S/C16H24N2O2/c1-12(10-14-7-5-9-16(19)18-14)17-11-13-6-3-4-8-15(13)20-2/h3-4,6,8,12,14,17H,5,7,9-11H2,1-2H3,(H,18,19). The smallest absolute Gasteiger partial charge is 0.220 e. The number of rotatable bonds is 6. The van der Waals surface area contributed by atoms with Crippen LogP contribution in [0.3, 0.4) is 0 Å². The third-order valence-electron chi connectivity index (χ3n) is 3.79. The summed E-state index contributed by atoms with van der Waals surface area (Å²) in [6.07, 6.45) is 3.75. The Morgan fingerprint density at radius 1 is 1.45 bits per heavy atom. The number of benzene rings is 1. The van der Waals surface area contributed by atoms with Crippen LogP contribution in [-0.2, 0) is 11.3 Å². The first-order chi connectivity index (χ1) is 9.69. The van der Waals surface area contributed by atoms with E-state index in [9.17, 15) is 4.79 Å². The highest BCUT2D eigenvalue weighted by Crippen LogP contribution is 2.18. The van der Waals surface area contributed by atoms with Gasteiger partial charge in [0.2, 0.25) is 5.91 Å². The van der Waals surface area contributed by atoms with Gasteiger partial charge in [0, 0.05) is 30.6 Å². The van der Waals surface area contributed by atoms with Crippen molar-refractivity contribution in [1.29, 1.82) is 0 Å². The van der Waals surface area contributed by atoms with E-state index < -0.39 is 0 Å². The highest BCUT2D eigenvalue weighted by atomic mass is 16.5. The van der Waals surface area contributed by atoms with Crippen LogP contribution in [0, 0.1) is 0 Å². The highest BCUT2D eigenvalue weighted by molar-refractivity contribution is 5.76. The molecule has 2 atom stereocenters. The molecule has 2 rings (SSSR count). The Hall–Kier alpha value is -1.55. The minimum Gasteiger partial charge on any atom is -0.496 e. The van der Waals surface area contributed by atoms with Crippen LogP contribution in [0.2, 0.25) is 0 Å². The molecule has 0 aromatic heterocycles. The number of nitrogens with one attached hydrogen (secondary N) is 2. The molecule has 0 bridgehead atoms. The fourth-order valence-electron chi connectivity index (χ4n) is 2.70. The average Bonchev–Trinajstić information content (AvgIpc) is 2.45. The minimum atomic E-state index is 0.193. The van der Waals surface area contributed by atoms with Crippen LogP contribution < -0.4 is 15.4 Å². The molecule has 4 nitrogen and oxygen atoms in total. The molecule has 4 heteroatoms. The topological polar surface area (TPSA) is 50.4 Å². The van der Waals surface area contributed by atoms with Crippen LogP contribution in [0.5, 0.6) is 5.75 Å². The molecule has 1 fully saturated rings. The number of carbonyl (C=O) groups is 1. The van der Waals surface area contributed by atoms with Crippen LogP contribution in [-0.4, -0.2) is 25.1 Å². The Morgan fingerprint density at radius 2 is 2.25 bits per heavy atom. The summed E-state index contributed by atoms with van der Waals surface area (Å²) in [6, 6.07) is 8.72. The second kappa shape index (κ2) is 7.29. The fourth-order valence-corrected chi connectivity index (χ4v) is 2.70. The van der Waals surface area contributed by atoms with Gasteiger partial charge in [-0.3, -0.25) is 4.79 Å². The molecule has 110 valence electrons. The first-order valence-corrected chi connectivity index (χ1v) is 7.33. The maximum atomic E-state index is 11.4. The van der Waals surface area contributed by atoms with Gasteiger partial charge in [0.15, 0.2) is 0 Å². The fraction of sp³-hybridized carbons (Fsp3) is 0.562. The first kappa shape index (κ1) is 14.9. The van der Waals surface area contributed by atoms with Crippen LogP contribution in [0.4, 0.5) is 0 Å². The van der Waals surface area contributed by atoms with Crippen LogP contribution in [0.1, 0.15) is 38.2 Å². The normalized spacial score (nSPS) is 20.3. The van der Waals surface area contributed by atoms with Gasteiger partial charge in [-0.15, -0.1) is 0 Å². The van der Waals surface area contributed by atoms with Gasteiger partial charge in [0.05, 0.1) is 7.11 Å². The third kappa shape index (κ3) is 4.23. The summed E-state index contributed by atoms with van der Waals surface area (Å²) in [4.78, 5) is 11.4. The highest BCUT2D eigenvalue weighted by Gasteiger charge is 2.19. The summed E-state index contributed by atoms with van der Waals surface area (Å²) < 4.78 is 5.34. The van der Waals surface area contributed by atoms with Gasteiger partial charge in [-0.1, -0.05) is 18.2 Å². The number of piperidine rings is 1. The van der Waals surface area contributed by atoms with E-state index in [0.717, 1.165) is 37.1 Å². The van der Waals surface area contributed by atoms with E-state index >= 15 is 0 Å². The number of carbonyl (C=O) groups excluding carboxylic acids is 1. The SMILES string of the molecule is COc1ccccc1CNC(C)CC1CCCC(=O)N1. The van der Waals surface area contributed by atoms with Crippen molar-refractivity contribution in [2.45, 2.75) is 51.2 Å². The Labute approximate surface area is 120 Å². The van der Waals surface area contributed by atoms with Crippen LogP contribution in [0.25, 0.3) is 0 Å². The second-order valence-electron chi connectivity index (χ2n) is 5.49. The number of hydrogen-bond acceptors (Lipinski definition) is 3. The Morgan fingerprint density at radius 3 is 3.00 bits per heavy atom. The summed E-state index contributed by atoms with van der Waals surface area (Å²) in [5.41, 5.74) is 1.16. The van der Waals surface area contributed by atoms with Gasteiger partial charge in [-0.25, -0.2) is 0 Å². The molecule has 2 N–H and O–H groups in total. The van der Waals surface area contributed by atoms with Gasteiger partial charge < -0.3 is 15.4 Å². The third-order valence-corrected chi connectivity index (χ3v) is 3.79. The Kier molecular flexibility index (Phi) is 5.41. The van der Waals surface area contributed by atoms with Crippen molar-refractivity contribution in [3.63, 3.8) is 0 Å². The van der Waals surface area contributed by atoms with Gasteiger partial charge in [0.1, 0.15) is 5.75 Å². The van der Waals surface area contributed by atoms with Crippen molar-refractivity contribution in [2.75, 3.05) is 7.11 Å². The summed E-state index contributed by atoms with van der Waals surface area (Å²) in [5.74, 6) is 1.11. The van der Waals surface area contributed by atoms with Crippen molar-refractivity contribution in [1.82, 2.24) is 10.6 Å². The van der Waals surface area contributed by atoms with Gasteiger partial charge in [0.25, 0.3) is 0 Å². The molecular weight excluding hydrogens is 252 g/mol. The van der Waals surface area contributed by atoms with Crippen molar-refractivity contribution in [3.05, 3.63) is 29.8 Å². The van der Waals surface area contributed by atoms with Gasteiger partial charge in [-0.05, 0) is 32.3 Å². The molecule has 1 heterocycles. The number of methoxy groups -OCH3 is 1. The lowest BCUT2D eigenvalue weighted by Gasteiger charge is -2.26. The Bertz CT molecular complexity index is 448. The molecule has 20 heavy (non-hydrogen) atoms. The minimum absolute atomic E-state index is 0.193. The van der Waals surface area contributed by atoms with E-state index in [1.165, 1.54) is 0 Å². The van der Waals surface area contributed by atoms with E-state index in [1.54, 1.807) is 7.11 Å². The van der Waals surface area contributed by atoms with E-state index in [2.05, 4.69) is 23.6 Å². The predicted molar refractivity (Wildman–Crippen MR) is 79.7 cm³/mol. The van der Waals surface area contributed by atoms with Crippen LogP contribution >= 0.6 is 0 Å². The average molecular weight is 276 g/mol. The molecule has 0 aliphatic carbocycles. The molecule has 2 unspecified atom stereocenters. The Balaban J connectivity index is 1.79. The molecule has 1 aromatic rings. The van der Waals surface area contributed by atoms with E-state index in [4.69, 9.17) is 4.74 Å². The van der Waals surface area contributed by atoms with Crippen molar-refractivity contribution < 1.29 is 9.53 Å². The summed E-state index contributed by atoms with van der Waals surface area (Å²) in [5, 5.41) is 6.57. The van der Waals surface area contributed by atoms with Crippen LogP contribution in [0.15, 0.2) is 24.3 Å². The maximum absolute atomic E-state index is 11.4. The first-order valence-electron chi connectivity index (χ1n) is 7.33. The zero-order valence-corrected chi connectivity index (χ0v) is 12.3. The molecule has 0 spiro atoms. The maximum Gasteiger partial charge on any atom is 0.220 e. The van der Waals surface area contributed by atoms with Crippen molar-refractivity contribution in [3.8, 4) is 5.75 Å². The van der Waals surface area contributed by atoms with E-state index in [1.807, 2.05) is 18.2 Å². The second-order valence-corrected chi connectivity index (χ2v) is 5.49.